The van der Waals surface area contributed by atoms with Gasteiger partial charge in [-0.25, -0.2) is 8.42 Å². The van der Waals surface area contributed by atoms with E-state index in [4.69, 9.17) is 17.3 Å². The Morgan fingerprint density at radius 1 is 1.50 bits per heavy atom. The molecule has 0 aliphatic carbocycles. The van der Waals surface area contributed by atoms with Crippen LogP contribution in [0, 0.1) is 5.92 Å². The summed E-state index contributed by atoms with van der Waals surface area (Å²) in [5.74, 6) is 0.214. The monoisotopic (exact) mass is 402 g/mol. The fraction of sp³-hybridized carbons (Fsp3) is 0.500. The zero-order valence-corrected chi connectivity index (χ0v) is 14.9. The second-order valence-electron chi connectivity index (χ2n) is 4.81. The van der Waals surface area contributed by atoms with Gasteiger partial charge in [-0.1, -0.05) is 17.7 Å². The van der Waals surface area contributed by atoms with Crippen LogP contribution in [0.3, 0.4) is 0 Å². The summed E-state index contributed by atoms with van der Waals surface area (Å²) < 4.78 is 27.4. The molecule has 0 bridgehead atoms. The van der Waals surface area contributed by atoms with Crippen molar-refractivity contribution in [2.24, 2.45) is 11.7 Å². The molecule has 0 aromatic heterocycles. The Morgan fingerprint density at radius 2 is 2.15 bits per heavy atom. The largest absolute Gasteiger partial charge is 0.330 e. The number of halogens is 3. The maximum atomic E-state index is 12.7. The molecule has 0 radical (unpaired) electrons. The predicted molar refractivity (Wildman–Crippen MR) is 86.9 cm³/mol. The number of hydrogen-bond acceptors (Lipinski definition) is 3. The van der Waals surface area contributed by atoms with E-state index in [2.05, 4.69) is 15.9 Å². The third-order valence-corrected chi connectivity index (χ3v) is 6.86. The normalized spacial score (nSPS) is 23.6. The summed E-state index contributed by atoms with van der Waals surface area (Å²) in [5.41, 5.74) is 5.64. The molecular formula is C12H17BrCl2N2O2S. The molecule has 4 nitrogen and oxygen atoms in total. The Morgan fingerprint density at radius 3 is 2.65 bits per heavy atom. The molecule has 1 aromatic rings. The number of nitrogens with zero attached hydrogens (tertiary/aromatic N) is 1. The molecule has 0 saturated carbocycles. The first kappa shape index (κ1) is 18.2. The minimum absolute atomic E-state index is 0. The molecule has 8 heteroatoms. The van der Waals surface area contributed by atoms with Crippen LogP contribution >= 0.6 is 39.9 Å². The molecule has 2 N–H and O–H groups in total. The summed E-state index contributed by atoms with van der Waals surface area (Å²) >= 11 is 9.32. The van der Waals surface area contributed by atoms with Crippen LogP contribution in [-0.2, 0) is 10.0 Å². The fourth-order valence-corrected chi connectivity index (χ4v) is 5.85. The fourth-order valence-electron chi connectivity index (χ4n) is 2.46. The summed E-state index contributed by atoms with van der Waals surface area (Å²) in [6.07, 6.45) is 0.789. The minimum atomic E-state index is -3.59. The van der Waals surface area contributed by atoms with Gasteiger partial charge in [-0.3, -0.25) is 0 Å². The Bertz CT molecular complexity index is 563. The van der Waals surface area contributed by atoms with Crippen LogP contribution in [0.4, 0.5) is 0 Å². The van der Waals surface area contributed by atoms with Crippen molar-refractivity contribution in [3.63, 3.8) is 0 Å². The zero-order valence-electron chi connectivity index (χ0n) is 10.9. The molecular weight excluding hydrogens is 387 g/mol. The van der Waals surface area contributed by atoms with Gasteiger partial charge in [-0.15, -0.1) is 12.4 Å². The second kappa shape index (κ2) is 6.94. The average molecular weight is 404 g/mol. The maximum Gasteiger partial charge on any atom is 0.245 e. The van der Waals surface area contributed by atoms with E-state index < -0.39 is 10.0 Å². The lowest BCUT2D eigenvalue weighted by Crippen LogP contribution is -2.34. The van der Waals surface area contributed by atoms with Gasteiger partial charge in [-0.2, -0.15) is 4.31 Å². The standard InChI is InChI=1S/C12H16BrClN2O2S.ClH/c1-8-5-9(6-15)7-16(8)19(17,18)12-10(13)3-2-4-11(12)14;/h2-4,8-9H,5-7,15H2,1H3;1H. The Labute approximate surface area is 139 Å². The van der Waals surface area contributed by atoms with Crippen molar-refractivity contribution in [3.8, 4) is 0 Å². The van der Waals surface area contributed by atoms with Gasteiger partial charge in [0.2, 0.25) is 10.0 Å². The molecule has 1 aliphatic heterocycles. The van der Waals surface area contributed by atoms with Gasteiger partial charge in [0, 0.05) is 17.1 Å². The van der Waals surface area contributed by atoms with Crippen LogP contribution in [0.15, 0.2) is 27.6 Å². The van der Waals surface area contributed by atoms with Crippen LogP contribution in [0.25, 0.3) is 0 Å². The highest BCUT2D eigenvalue weighted by atomic mass is 79.9. The number of hydrogen-bond donors (Lipinski definition) is 1. The first-order chi connectivity index (χ1) is 8.87. The summed E-state index contributed by atoms with van der Waals surface area (Å²) in [7, 11) is -3.59. The van der Waals surface area contributed by atoms with Crippen LogP contribution < -0.4 is 5.73 Å². The highest BCUT2D eigenvalue weighted by molar-refractivity contribution is 9.10. The third-order valence-electron chi connectivity index (χ3n) is 3.42. The molecule has 1 saturated heterocycles. The Kier molecular flexibility index (Phi) is 6.32. The smallest absolute Gasteiger partial charge is 0.245 e. The molecule has 2 rings (SSSR count). The highest BCUT2D eigenvalue weighted by Gasteiger charge is 2.38. The van der Waals surface area contributed by atoms with Gasteiger partial charge < -0.3 is 5.73 Å². The van der Waals surface area contributed by atoms with Crippen molar-refractivity contribution >= 4 is 50.0 Å². The molecule has 2 atom stereocenters. The van der Waals surface area contributed by atoms with Crippen molar-refractivity contribution in [1.82, 2.24) is 4.31 Å². The van der Waals surface area contributed by atoms with Gasteiger partial charge in [0.15, 0.2) is 0 Å². The first-order valence-electron chi connectivity index (χ1n) is 6.04. The van der Waals surface area contributed by atoms with Crippen LogP contribution in [0.1, 0.15) is 13.3 Å². The van der Waals surface area contributed by atoms with Gasteiger partial charge in [-0.05, 0) is 53.9 Å². The maximum absolute atomic E-state index is 12.7. The molecule has 114 valence electrons. The van der Waals surface area contributed by atoms with Crippen molar-refractivity contribution < 1.29 is 8.42 Å². The van der Waals surface area contributed by atoms with E-state index in [0.29, 0.717) is 17.6 Å². The number of sulfonamides is 1. The van der Waals surface area contributed by atoms with Crippen molar-refractivity contribution in [2.45, 2.75) is 24.3 Å². The lowest BCUT2D eigenvalue weighted by atomic mass is 10.1. The number of benzene rings is 1. The third kappa shape index (κ3) is 3.31. The lowest BCUT2D eigenvalue weighted by Gasteiger charge is -2.22. The van der Waals surface area contributed by atoms with E-state index in [9.17, 15) is 8.42 Å². The molecule has 1 fully saturated rings. The Hall–Kier alpha value is 0.150. The van der Waals surface area contributed by atoms with Crippen molar-refractivity contribution in [3.05, 3.63) is 27.7 Å². The summed E-state index contributed by atoms with van der Waals surface area (Å²) in [4.78, 5) is 0.140. The van der Waals surface area contributed by atoms with Gasteiger partial charge >= 0.3 is 0 Å². The molecule has 20 heavy (non-hydrogen) atoms. The lowest BCUT2D eigenvalue weighted by molar-refractivity contribution is 0.404. The first-order valence-corrected chi connectivity index (χ1v) is 8.65. The second-order valence-corrected chi connectivity index (χ2v) is 7.90. The summed E-state index contributed by atoms with van der Waals surface area (Å²) in [6.45, 7) is 2.86. The van der Waals surface area contributed by atoms with Crippen LogP contribution in [-0.4, -0.2) is 31.9 Å². The zero-order chi connectivity index (χ0) is 14.2. The summed E-state index contributed by atoms with van der Waals surface area (Å²) in [5, 5.41) is 0.234. The van der Waals surface area contributed by atoms with Gasteiger partial charge in [0.05, 0.1) is 5.02 Å². The van der Waals surface area contributed by atoms with E-state index in [1.165, 1.54) is 4.31 Å². The molecule has 1 aliphatic rings. The minimum Gasteiger partial charge on any atom is -0.330 e. The topological polar surface area (TPSA) is 63.4 Å². The molecule has 2 unspecified atom stereocenters. The molecule has 1 aromatic carbocycles. The van der Waals surface area contributed by atoms with Crippen molar-refractivity contribution in [2.75, 3.05) is 13.1 Å². The van der Waals surface area contributed by atoms with Gasteiger partial charge in [0.1, 0.15) is 4.90 Å². The molecule has 1 heterocycles. The SMILES string of the molecule is CC1CC(CN)CN1S(=O)(=O)c1c(Cl)cccc1Br.Cl. The van der Waals surface area contributed by atoms with E-state index in [1.54, 1.807) is 18.2 Å². The van der Waals surface area contributed by atoms with E-state index in [0.717, 1.165) is 6.42 Å². The molecule has 0 amide bonds. The summed E-state index contributed by atoms with van der Waals surface area (Å²) in [6, 6.07) is 4.92. The Balaban J connectivity index is 0.00000200. The quantitative estimate of drug-likeness (QED) is 0.843. The van der Waals surface area contributed by atoms with E-state index >= 15 is 0 Å². The predicted octanol–water partition coefficient (Wildman–Crippen LogP) is 2.88. The number of rotatable bonds is 3. The van der Waals surface area contributed by atoms with Crippen molar-refractivity contribution in [1.29, 1.82) is 0 Å². The van der Waals surface area contributed by atoms with Crippen LogP contribution in [0.2, 0.25) is 5.02 Å². The van der Waals surface area contributed by atoms with Gasteiger partial charge in [0.25, 0.3) is 0 Å². The van der Waals surface area contributed by atoms with Crippen LogP contribution in [0.5, 0.6) is 0 Å². The highest BCUT2D eigenvalue weighted by Crippen LogP contribution is 2.35. The average Bonchev–Trinajstić information content (AvgIpc) is 2.70. The van der Waals surface area contributed by atoms with E-state index in [1.807, 2.05) is 6.92 Å². The number of nitrogens with two attached hydrogens (primary N) is 1. The van der Waals surface area contributed by atoms with E-state index in [-0.39, 0.29) is 34.3 Å². The molecule has 0 spiro atoms.